The SMILES string of the molecule is CC(NC(C)c1ccc(N(C)C)cc1)c1ccncc1. The topological polar surface area (TPSA) is 28.2 Å². The van der Waals surface area contributed by atoms with Crippen LogP contribution in [-0.2, 0) is 0 Å². The maximum Gasteiger partial charge on any atom is 0.0361 e. The zero-order chi connectivity index (χ0) is 14.5. The van der Waals surface area contributed by atoms with Gasteiger partial charge in [0.1, 0.15) is 0 Å². The molecule has 1 aromatic heterocycles. The number of rotatable bonds is 5. The molecule has 0 radical (unpaired) electrons. The zero-order valence-corrected chi connectivity index (χ0v) is 12.7. The Labute approximate surface area is 121 Å². The Morgan fingerprint density at radius 1 is 0.850 bits per heavy atom. The van der Waals surface area contributed by atoms with E-state index in [2.05, 4.69) is 79.5 Å². The highest BCUT2D eigenvalue weighted by Gasteiger charge is 2.11. The molecule has 0 aliphatic heterocycles. The fraction of sp³-hybridized carbons (Fsp3) is 0.353. The smallest absolute Gasteiger partial charge is 0.0361 e. The van der Waals surface area contributed by atoms with Crippen LogP contribution in [0.1, 0.15) is 37.1 Å². The van der Waals surface area contributed by atoms with Gasteiger partial charge in [-0.05, 0) is 49.2 Å². The van der Waals surface area contributed by atoms with Gasteiger partial charge < -0.3 is 10.2 Å². The van der Waals surface area contributed by atoms with E-state index in [1.807, 2.05) is 12.4 Å². The molecule has 0 saturated heterocycles. The fourth-order valence-electron chi connectivity index (χ4n) is 2.28. The van der Waals surface area contributed by atoms with Gasteiger partial charge in [-0.2, -0.15) is 0 Å². The molecular weight excluding hydrogens is 246 g/mol. The van der Waals surface area contributed by atoms with E-state index in [9.17, 15) is 0 Å². The van der Waals surface area contributed by atoms with Gasteiger partial charge in [0, 0.05) is 44.3 Å². The van der Waals surface area contributed by atoms with Gasteiger partial charge in [0.25, 0.3) is 0 Å². The van der Waals surface area contributed by atoms with Gasteiger partial charge in [-0.1, -0.05) is 12.1 Å². The number of aromatic nitrogens is 1. The quantitative estimate of drug-likeness (QED) is 0.899. The minimum absolute atomic E-state index is 0.307. The number of hydrogen-bond acceptors (Lipinski definition) is 3. The van der Waals surface area contributed by atoms with Crippen LogP contribution in [0.5, 0.6) is 0 Å². The summed E-state index contributed by atoms with van der Waals surface area (Å²) in [6.45, 7) is 4.38. The number of benzene rings is 1. The third-order valence-electron chi connectivity index (χ3n) is 3.62. The van der Waals surface area contributed by atoms with Crippen molar-refractivity contribution >= 4 is 5.69 Å². The van der Waals surface area contributed by atoms with Crippen LogP contribution in [0.2, 0.25) is 0 Å². The van der Waals surface area contributed by atoms with Gasteiger partial charge in [-0.15, -0.1) is 0 Å². The molecule has 20 heavy (non-hydrogen) atoms. The maximum absolute atomic E-state index is 4.06. The highest BCUT2D eigenvalue weighted by molar-refractivity contribution is 5.46. The summed E-state index contributed by atoms with van der Waals surface area (Å²) in [4.78, 5) is 6.17. The summed E-state index contributed by atoms with van der Waals surface area (Å²) in [6, 6.07) is 13.4. The van der Waals surface area contributed by atoms with Gasteiger partial charge in [0.2, 0.25) is 0 Å². The average Bonchev–Trinajstić information content (AvgIpc) is 2.48. The number of anilines is 1. The Hall–Kier alpha value is -1.87. The molecule has 106 valence electrons. The lowest BCUT2D eigenvalue weighted by molar-refractivity contribution is 0.494. The molecule has 0 saturated carbocycles. The minimum atomic E-state index is 0.307. The predicted molar refractivity (Wildman–Crippen MR) is 85.0 cm³/mol. The monoisotopic (exact) mass is 269 g/mol. The summed E-state index contributed by atoms with van der Waals surface area (Å²) in [5.41, 5.74) is 3.79. The largest absolute Gasteiger partial charge is 0.378 e. The van der Waals surface area contributed by atoms with Gasteiger partial charge in [0.15, 0.2) is 0 Å². The maximum atomic E-state index is 4.06. The first-order valence-corrected chi connectivity index (χ1v) is 7.01. The van der Waals surface area contributed by atoms with Crippen molar-refractivity contribution in [2.75, 3.05) is 19.0 Å². The van der Waals surface area contributed by atoms with E-state index in [-0.39, 0.29) is 0 Å². The van der Waals surface area contributed by atoms with E-state index in [0.717, 1.165) is 0 Å². The highest BCUT2D eigenvalue weighted by atomic mass is 15.1. The molecule has 0 fully saturated rings. The third kappa shape index (κ3) is 3.58. The molecule has 3 nitrogen and oxygen atoms in total. The standard InChI is InChI=1S/C17H23N3/c1-13(15-5-7-17(8-6-15)20(3)4)19-14(2)16-9-11-18-12-10-16/h5-14,19H,1-4H3. The van der Waals surface area contributed by atoms with E-state index >= 15 is 0 Å². The van der Waals surface area contributed by atoms with Crippen molar-refractivity contribution < 1.29 is 0 Å². The van der Waals surface area contributed by atoms with Crippen molar-refractivity contribution in [1.29, 1.82) is 0 Å². The first-order chi connectivity index (χ1) is 9.58. The van der Waals surface area contributed by atoms with Crippen LogP contribution in [0.4, 0.5) is 5.69 Å². The molecule has 1 aromatic carbocycles. The van der Waals surface area contributed by atoms with Crippen molar-refractivity contribution in [2.45, 2.75) is 25.9 Å². The number of nitrogens with zero attached hydrogens (tertiary/aromatic N) is 2. The summed E-state index contributed by atoms with van der Waals surface area (Å²) < 4.78 is 0. The second-order valence-electron chi connectivity index (χ2n) is 5.38. The lowest BCUT2D eigenvalue weighted by atomic mass is 10.0. The molecule has 2 atom stereocenters. The lowest BCUT2D eigenvalue weighted by Crippen LogP contribution is -2.22. The zero-order valence-electron chi connectivity index (χ0n) is 12.7. The van der Waals surface area contributed by atoms with Gasteiger partial charge in [-0.25, -0.2) is 0 Å². The van der Waals surface area contributed by atoms with Gasteiger partial charge in [0.05, 0.1) is 0 Å². The molecule has 3 heteroatoms. The van der Waals surface area contributed by atoms with Crippen LogP contribution >= 0.6 is 0 Å². The summed E-state index contributed by atoms with van der Waals surface area (Å²) in [7, 11) is 4.12. The van der Waals surface area contributed by atoms with Crippen molar-refractivity contribution in [3.63, 3.8) is 0 Å². The Morgan fingerprint density at radius 2 is 1.35 bits per heavy atom. The second kappa shape index (κ2) is 6.53. The highest BCUT2D eigenvalue weighted by Crippen LogP contribution is 2.21. The van der Waals surface area contributed by atoms with Crippen molar-refractivity contribution in [3.8, 4) is 0 Å². The fourth-order valence-corrected chi connectivity index (χ4v) is 2.28. The first-order valence-electron chi connectivity index (χ1n) is 7.01. The van der Waals surface area contributed by atoms with Crippen molar-refractivity contribution in [2.24, 2.45) is 0 Å². The molecule has 0 amide bonds. The lowest BCUT2D eigenvalue weighted by Gasteiger charge is -2.21. The molecular formula is C17H23N3. The molecule has 1 N–H and O–H groups in total. The predicted octanol–water partition coefficient (Wildman–Crippen LogP) is 3.56. The van der Waals surface area contributed by atoms with Crippen molar-refractivity contribution in [3.05, 3.63) is 59.9 Å². The van der Waals surface area contributed by atoms with Crippen LogP contribution in [0.3, 0.4) is 0 Å². The molecule has 0 aliphatic carbocycles. The van der Waals surface area contributed by atoms with Crippen LogP contribution < -0.4 is 10.2 Å². The molecule has 2 unspecified atom stereocenters. The van der Waals surface area contributed by atoms with E-state index in [4.69, 9.17) is 0 Å². The first kappa shape index (κ1) is 14.5. The Bertz CT molecular complexity index is 520. The Balaban J connectivity index is 2.02. The van der Waals surface area contributed by atoms with Crippen LogP contribution in [0.25, 0.3) is 0 Å². The molecule has 0 bridgehead atoms. The summed E-state index contributed by atoms with van der Waals surface area (Å²) in [5, 5.41) is 3.62. The number of pyridine rings is 1. The summed E-state index contributed by atoms with van der Waals surface area (Å²) in [6.07, 6.45) is 3.67. The van der Waals surface area contributed by atoms with E-state index in [0.29, 0.717) is 12.1 Å². The van der Waals surface area contributed by atoms with Crippen LogP contribution in [0.15, 0.2) is 48.8 Å². The average molecular weight is 269 g/mol. The third-order valence-corrected chi connectivity index (χ3v) is 3.62. The number of nitrogens with one attached hydrogen (secondary N) is 1. The number of hydrogen-bond donors (Lipinski definition) is 1. The van der Waals surface area contributed by atoms with Gasteiger partial charge in [-0.3, -0.25) is 4.98 Å². The summed E-state index contributed by atoms with van der Waals surface area (Å²) >= 11 is 0. The molecule has 2 rings (SSSR count). The minimum Gasteiger partial charge on any atom is -0.378 e. The molecule has 0 spiro atoms. The molecule has 1 heterocycles. The van der Waals surface area contributed by atoms with E-state index in [1.54, 1.807) is 0 Å². The molecule has 2 aromatic rings. The van der Waals surface area contributed by atoms with E-state index in [1.165, 1.54) is 16.8 Å². The Kier molecular flexibility index (Phi) is 4.74. The van der Waals surface area contributed by atoms with Crippen LogP contribution in [0, 0.1) is 0 Å². The van der Waals surface area contributed by atoms with Crippen LogP contribution in [-0.4, -0.2) is 19.1 Å². The Morgan fingerprint density at radius 3 is 1.85 bits per heavy atom. The van der Waals surface area contributed by atoms with E-state index < -0.39 is 0 Å². The normalized spacial score (nSPS) is 13.8. The van der Waals surface area contributed by atoms with Gasteiger partial charge >= 0.3 is 0 Å². The summed E-state index contributed by atoms with van der Waals surface area (Å²) in [5.74, 6) is 0. The second-order valence-corrected chi connectivity index (χ2v) is 5.38. The van der Waals surface area contributed by atoms with Crippen molar-refractivity contribution in [1.82, 2.24) is 10.3 Å². The molecule has 0 aliphatic rings.